The van der Waals surface area contributed by atoms with Gasteiger partial charge in [-0.2, -0.15) is 0 Å². The summed E-state index contributed by atoms with van der Waals surface area (Å²) in [5, 5.41) is 11.0. The molecule has 0 aliphatic heterocycles. The van der Waals surface area contributed by atoms with Crippen molar-refractivity contribution in [2.24, 2.45) is 5.92 Å². The van der Waals surface area contributed by atoms with Gasteiger partial charge in [0.05, 0.1) is 5.60 Å². The van der Waals surface area contributed by atoms with Gasteiger partial charge in [0.1, 0.15) is 0 Å². The highest BCUT2D eigenvalue weighted by Crippen LogP contribution is 2.30. The third kappa shape index (κ3) is 2.10. The van der Waals surface area contributed by atoms with E-state index >= 15 is 0 Å². The quantitative estimate of drug-likeness (QED) is 0.796. The average molecular weight is 213 g/mol. The highest BCUT2D eigenvalue weighted by atomic mass is 35.5. The number of benzene rings is 1. The van der Waals surface area contributed by atoms with Gasteiger partial charge < -0.3 is 5.11 Å². The monoisotopic (exact) mass is 212 g/mol. The van der Waals surface area contributed by atoms with Crippen LogP contribution in [0.15, 0.2) is 18.2 Å². The summed E-state index contributed by atoms with van der Waals surface area (Å²) in [5.74, 6) is 0.183. The molecule has 0 radical (unpaired) electrons. The van der Waals surface area contributed by atoms with Crippen LogP contribution in [0.5, 0.6) is 0 Å². The molecule has 0 aliphatic rings. The molecular formula is C12H17ClO. The highest BCUT2D eigenvalue weighted by Gasteiger charge is 2.27. The van der Waals surface area contributed by atoms with Crippen molar-refractivity contribution < 1.29 is 5.11 Å². The Hall–Kier alpha value is -0.530. The summed E-state index contributed by atoms with van der Waals surface area (Å²) in [6.07, 6.45) is 0. The Morgan fingerprint density at radius 3 is 2.36 bits per heavy atom. The van der Waals surface area contributed by atoms with Crippen molar-refractivity contribution in [1.82, 2.24) is 0 Å². The number of rotatable bonds is 2. The van der Waals surface area contributed by atoms with Crippen molar-refractivity contribution in [3.05, 3.63) is 34.3 Å². The van der Waals surface area contributed by atoms with Crippen molar-refractivity contribution in [2.45, 2.75) is 33.3 Å². The molecule has 78 valence electrons. The van der Waals surface area contributed by atoms with Gasteiger partial charge in [-0.05, 0) is 37.0 Å². The Morgan fingerprint density at radius 2 is 1.93 bits per heavy atom. The molecule has 0 aliphatic carbocycles. The molecule has 0 saturated carbocycles. The van der Waals surface area contributed by atoms with E-state index in [0.29, 0.717) is 0 Å². The van der Waals surface area contributed by atoms with E-state index in [0.717, 1.165) is 16.1 Å². The fraction of sp³-hybridized carbons (Fsp3) is 0.500. The lowest BCUT2D eigenvalue weighted by Gasteiger charge is -2.28. The molecule has 0 fully saturated rings. The SMILES string of the molecule is Cc1cc([C@@](C)(O)C(C)C)ccc1Cl. The summed E-state index contributed by atoms with van der Waals surface area (Å²) in [7, 11) is 0. The summed E-state index contributed by atoms with van der Waals surface area (Å²) in [6.45, 7) is 7.79. The third-order valence-corrected chi connectivity index (χ3v) is 3.29. The van der Waals surface area contributed by atoms with E-state index in [1.807, 2.05) is 45.9 Å². The Balaban J connectivity index is 3.14. The van der Waals surface area contributed by atoms with Crippen molar-refractivity contribution in [3.8, 4) is 0 Å². The van der Waals surface area contributed by atoms with Crippen LogP contribution >= 0.6 is 11.6 Å². The van der Waals surface area contributed by atoms with Crippen LogP contribution in [0.2, 0.25) is 5.02 Å². The summed E-state index contributed by atoms with van der Waals surface area (Å²) in [5.41, 5.74) is 1.15. The average Bonchev–Trinajstić information content (AvgIpc) is 2.09. The van der Waals surface area contributed by atoms with Crippen LogP contribution in [0.1, 0.15) is 31.9 Å². The molecule has 14 heavy (non-hydrogen) atoms. The van der Waals surface area contributed by atoms with E-state index in [-0.39, 0.29) is 5.92 Å². The molecular weight excluding hydrogens is 196 g/mol. The molecule has 0 aromatic heterocycles. The second-order valence-electron chi connectivity index (χ2n) is 4.27. The molecule has 1 atom stereocenters. The van der Waals surface area contributed by atoms with E-state index in [4.69, 9.17) is 11.6 Å². The predicted molar refractivity (Wildman–Crippen MR) is 60.6 cm³/mol. The van der Waals surface area contributed by atoms with Crippen molar-refractivity contribution in [2.75, 3.05) is 0 Å². The lowest BCUT2D eigenvalue weighted by atomic mass is 9.85. The molecule has 0 saturated heterocycles. The van der Waals surface area contributed by atoms with Crippen LogP contribution in [0.4, 0.5) is 0 Å². The molecule has 0 amide bonds. The molecule has 1 aromatic carbocycles. The Labute approximate surface area is 90.7 Å². The summed E-state index contributed by atoms with van der Waals surface area (Å²) in [6, 6.07) is 5.67. The topological polar surface area (TPSA) is 20.2 Å². The van der Waals surface area contributed by atoms with Crippen LogP contribution in [0.25, 0.3) is 0 Å². The van der Waals surface area contributed by atoms with Crippen LogP contribution < -0.4 is 0 Å². The van der Waals surface area contributed by atoms with Crippen LogP contribution in [-0.4, -0.2) is 5.11 Å². The first-order chi connectivity index (χ1) is 6.35. The normalized spacial score (nSPS) is 15.6. The molecule has 0 bridgehead atoms. The smallest absolute Gasteiger partial charge is 0.0891 e. The van der Waals surface area contributed by atoms with Gasteiger partial charge in [-0.15, -0.1) is 0 Å². The largest absolute Gasteiger partial charge is 0.385 e. The van der Waals surface area contributed by atoms with E-state index in [1.165, 1.54) is 0 Å². The van der Waals surface area contributed by atoms with E-state index in [9.17, 15) is 5.11 Å². The Kier molecular flexibility index (Phi) is 3.23. The van der Waals surface area contributed by atoms with Crippen LogP contribution in [0, 0.1) is 12.8 Å². The Morgan fingerprint density at radius 1 is 1.36 bits per heavy atom. The lowest BCUT2D eigenvalue weighted by Crippen LogP contribution is -2.27. The summed E-state index contributed by atoms with van der Waals surface area (Å²) < 4.78 is 0. The summed E-state index contributed by atoms with van der Waals surface area (Å²) in [4.78, 5) is 0. The predicted octanol–water partition coefficient (Wildman–Crippen LogP) is 3.51. The van der Waals surface area contributed by atoms with Gasteiger partial charge in [0, 0.05) is 5.02 Å². The minimum atomic E-state index is -0.782. The minimum Gasteiger partial charge on any atom is -0.385 e. The maximum absolute atomic E-state index is 10.2. The zero-order chi connectivity index (χ0) is 10.9. The fourth-order valence-electron chi connectivity index (χ4n) is 1.29. The van der Waals surface area contributed by atoms with Crippen LogP contribution in [0.3, 0.4) is 0 Å². The number of hydrogen-bond donors (Lipinski definition) is 1. The van der Waals surface area contributed by atoms with Gasteiger partial charge in [0.25, 0.3) is 0 Å². The number of aliphatic hydroxyl groups is 1. The first-order valence-electron chi connectivity index (χ1n) is 4.84. The van der Waals surface area contributed by atoms with Gasteiger partial charge in [-0.1, -0.05) is 37.6 Å². The number of halogens is 1. The van der Waals surface area contributed by atoms with Crippen LogP contribution in [-0.2, 0) is 5.60 Å². The Bertz CT molecular complexity index is 329. The second kappa shape index (κ2) is 3.92. The molecule has 1 aromatic rings. The van der Waals surface area contributed by atoms with Gasteiger partial charge in [0.2, 0.25) is 0 Å². The highest BCUT2D eigenvalue weighted by molar-refractivity contribution is 6.31. The van der Waals surface area contributed by atoms with E-state index < -0.39 is 5.60 Å². The van der Waals surface area contributed by atoms with Crippen molar-refractivity contribution in [1.29, 1.82) is 0 Å². The maximum atomic E-state index is 10.2. The van der Waals surface area contributed by atoms with E-state index in [1.54, 1.807) is 0 Å². The molecule has 0 unspecified atom stereocenters. The number of hydrogen-bond acceptors (Lipinski definition) is 1. The zero-order valence-electron chi connectivity index (χ0n) is 9.13. The van der Waals surface area contributed by atoms with Gasteiger partial charge in [0.15, 0.2) is 0 Å². The van der Waals surface area contributed by atoms with Gasteiger partial charge >= 0.3 is 0 Å². The van der Waals surface area contributed by atoms with E-state index in [2.05, 4.69) is 0 Å². The summed E-state index contributed by atoms with van der Waals surface area (Å²) >= 11 is 5.93. The molecule has 0 heterocycles. The maximum Gasteiger partial charge on any atom is 0.0891 e. The van der Waals surface area contributed by atoms with Gasteiger partial charge in [-0.3, -0.25) is 0 Å². The molecule has 2 heteroatoms. The second-order valence-corrected chi connectivity index (χ2v) is 4.67. The first-order valence-corrected chi connectivity index (χ1v) is 5.22. The molecule has 1 nitrogen and oxygen atoms in total. The molecule has 1 rings (SSSR count). The standard InChI is InChI=1S/C12H17ClO/c1-8(2)12(4,14)10-5-6-11(13)9(3)7-10/h5-8,14H,1-4H3/t12-/m0/s1. The molecule has 0 spiro atoms. The van der Waals surface area contributed by atoms with Gasteiger partial charge in [-0.25, -0.2) is 0 Å². The molecule has 1 N–H and O–H groups in total. The number of aryl methyl sites for hydroxylation is 1. The van der Waals surface area contributed by atoms with Crippen molar-refractivity contribution >= 4 is 11.6 Å². The van der Waals surface area contributed by atoms with Crippen molar-refractivity contribution in [3.63, 3.8) is 0 Å². The minimum absolute atomic E-state index is 0.183. The lowest BCUT2D eigenvalue weighted by molar-refractivity contribution is 0.00901. The zero-order valence-corrected chi connectivity index (χ0v) is 9.89. The first kappa shape index (κ1) is 11.5. The fourth-order valence-corrected chi connectivity index (χ4v) is 1.41. The third-order valence-electron chi connectivity index (χ3n) is 2.87.